The number of hydrogen-bond acceptors (Lipinski definition) is 4. The fourth-order valence-corrected chi connectivity index (χ4v) is 5.35. The molecule has 2 aliphatic heterocycles. The highest BCUT2D eigenvalue weighted by molar-refractivity contribution is 7.17. The molecule has 0 amide bonds. The predicted molar refractivity (Wildman–Crippen MR) is 126 cm³/mol. The van der Waals surface area contributed by atoms with Crippen molar-refractivity contribution in [2.75, 3.05) is 39.9 Å². The molecular weight excluding hydrogens is 386 g/mol. The van der Waals surface area contributed by atoms with Gasteiger partial charge in [0.15, 0.2) is 0 Å². The summed E-state index contributed by atoms with van der Waals surface area (Å²) in [5, 5.41) is 3.54. The Hall–Kier alpha value is -2.58. The summed E-state index contributed by atoms with van der Waals surface area (Å²) >= 11 is 1.82. The summed E-state index contributed by atoms with van der Waals surface area (Å²) in [5.74, 6) is 6.67. The Morgan fingerprint density at radius 1 is 1.00 bits per heavy atom. The molecule has 4 heteroatoms. The molecule has 2 aliphatic rings. The maximum atomic E-state index is 3.37. The maximum absolute atomic E-state index is 3.37. The first-order valence-corrected chi connectivity index (χ1v) is 11.5. The van der Waals surface area contributed by atoms with Gasteiger partial charge in [-0.3, -0.25) is 9.80 Å². The minimum atomic E-state index is 0.838. The van der Waals surface area contributed by atoms with Gasteiger partial charge in [-0.25, -0.2) is 0 Å². The standard InChI is InChI=1S/C26H27N3S/c1-27-20-29(17-22-9-10-26-23(16-22)12-15-30-26)19-24-18-28(14-11-25(24)27)13-5-8-21-6-3-2-4-7-21/h2-4,6-7,9-10,12,15-16H,11,13-14,17-20H2,1H3. The Bertz CT molecular complexity index is 1120. The molecule has 0 atom stereocenters. The molecule has 0 N–H and O–H groups in total. The maximum Gasteiger partial charge on any atom is 0.0706 e. The second-order valence-electron chi connectivity index (χ2n) is 8.30. The van der Waals surface area contributed by atoms with E-state index in [1.54, 1.807) is 11.3 Å². The zero-order valence-electron chi connectivity index (χ0n) is 17.5. The van der Waals surface area contributed by atoms with Crippen molar-refractivity contribution in [2.24, 2.45) is 0 Å². The number of nitrogens with zero attached hydrogens (tertiary/aromatic N) is 3. The first kappa shape index (κ1) is 19.4. The van der Waals surface area contributed by atoms with E-state index in [0.717, 1.165) is 51.4 Å². The molecule has 3 heterocycles. The number of rotatable bonds is 3. The van der Waals surface area contributed by atoms with Crippen LogP contribution in [0.1, 0.15) is 17.5 Å². The van der Waals surface area contributed by atoms with Crippen LogP contribution in [0.3, 0.4) is 0 Å². The van der Waals surface area contributed by atoms with Crippen LogP contribution in [0.4, 0.5) is 0 Å². The van der Waals surface area contributed by atoms with Crippen LogP contribution in [-0.4, -0.2) is 54.6 Å². The van der Waals surface area contributed by atoms with E-state index in [0.29, 0.717) is 0 Å². The van der Waals surface area contributed by atoms with E-state index in [1.165, 1.54) is 15.6 Å². The largest absolute Gasteiger partial charge is 0.365 e. The van der Waals surface area contributed by atoms with Crippen molar-refractivity contribution in [2.45, 2.75) is 13.0 Å². The van der Waals surface area contributed by atoms with Gasteiger partial charge in [0.2, 0.25) is 0 Å². The second-order valence-corrected chi connectivity index (χ2v) is 9.25. The molecule has 0 saturated carbocycles. The lowest BCUT2D eigenvalue weighted by atomic mass is 10.0. The van der Waals surface area contributed by atoms with Gasteiger partial charge < -0.3 is 4.90 Å². The van der Waals surface area contributed by atoms with Gasteiger partial charge in [0.05, 0.1) is 13.2 Å². The summed E-state index contributed by atoms with van der Waals surface area (Å²) < 4.78 is 1.37. The molecule has 5 rings (SSSR count). The average molecular weight is 414 g/mol. The van der Waals surface area contributed by atoms with Crippen molar-refractivity contribution in [3.05, 3.63) is 82.4 Å². The average Bonchev–Trinajstić information content (AvgIpc) is 3.22. The topological polar surface area (TPSA) is 9.72 Å². The number of benzene rings is 2. The third kappa shape index (κ3) is 4.29. The first-order chi connectivity index (χ1) is 14.7. The summed E-state index contributed by atoms with van der Waals surface area (Å²) in [4.78, 5) is 7.50. The van der Waals surface area contributed by atoms with E-state index in [-0.39, 0.29) is 0 Å². The lowest BCUT2D eigenvalue weighted by Crippen LogP contribution is -2.47. The SMILES string of the molecule is CN1CN(Cc2ccc3sccc3c2)CC2=C1CCN(CC#Cc1ccccc1)C2. The van der Waals surface area contributed by atoms with E-state index >= 15 is 0 Å². The van der Waals surface area contributed by atoms with Crippen LogP contribution in [0.2, 0.25) is 0 Å². The number of thiophene rings is 1. The number of fused-ring (bicyclic) bond motifs is 1. The molecule has 0 unspecified atom stereocenters. The van der Waals surface area contributed by atoms with Crippen LogP contribution in [0.25, 0.3) is 10.1 Å². The van der Waals surface area contributed by atoms with Gasteiger partial charge in [0, 0.05) is 55.6 Å². The summed E-state index contributed by atoms with van der Waals surface area (Å²) in [7, 11) is 2.24. The Balaban J connectivity index is 1.24. The predicted octanol–water partition coefficient (Wildman–Crippen LogP) is 4.62. The molecule has 3 nitrogen and oxygen atoms in total. The molecule has 30 heavy (non-hydrogen) atoms. The zero-order chi connectivity index (χ0) is 20.3. The van der Waals surface area contributed by atoms with E-state index < -0.39 is 0 Å². The fourth-order valence-electron chi connectivity index (χ4n) is 4.58. The lowest BCUT2D eigenvalue weighted by Gasteiger charge is -2.42. The molecule has 0 aliphatic carbocycles. The molecule has 3 aromatic rings. The van der Waals surface area contributed by atoms with Crippen LogP contribution in [0, 0.1) is 11.8 Å². The summed E-state index contributed by atoms with van der Waals surface area (Å²) in [6.45, 7) is 6.04. The van der Waals surface area contributed by atoms with Crippen molar-refractivity contribution in [1.29, 1.82) is 0 Å². The van der Waals surface area contributed by atoms with Gasteiger partial charge in [-0.05, 0) is 52.2 Å². The van der Waals surface area contributed by atoms with Gasteiger partial charge in [-0.2, -0.15) is 0 Å². The second kappa shape index (κ2) is 8.65. The summed E-state index contributed by atoms with van der Waals surface area (Å²) in [6, 6.07) is 19.4. The fraction of sp³-hybridized carbons (Fsp3) is 0.308. The van der Waals surface area contributed by atoms with Crippen LogP contribution in [-0.2, 0) is 6.54 Å². The van der Waals surface area contributed by atoms with Crippen LogP contribution < -0.4 is 0 Å². The Morgan fingerprint density at radius 3 is 2.77 bits per heavy atom. The van der Waals surface area contributed by atoms with Gasteiger partial charge >= 0.3 is 0 Å². The van der Waals surface area contributed by atoms with Gasteiger partial charge in [0.1, 0.15) is 0 Å². The zero-order valence-corrected chi connectivity index (χ0v) is 18.3. The minimum Gasteiger partial charge on any atom is -0.365 e. The first-order valence-electron chi connectivity index (χ1n) is 10.6. The summed E-state index contributed by atoms with van der Waals surface area (Å²) in [5.41, 5.74) is 5.61. The molecular formula is C26H27N3S. The van der Waals surface area contributed by atoms with Gasteiger partial charge in [-0.15, -0.1) is 11.3 Å². The van der Waals surface area contributed by atoms with Crippen molar-refractivity contribution in [3.63, 3.8) is 0 Å². The third-order valence-electron chi connectivity index (χ3n) is 6.01. The third-order valence-corrected chi connectivity index (χ3v) is 6.90. The molecule has 1 aromatic heterocycles. The smallest absolute Gasteiger partial charge is 0.0706 e. The van der Waals surface area contributed by atoms with Crippen LogP contribution >= 0.6 is 11.3 Å². The quantitative estimate of drug-likeness (QED) is 0.580. The highest BCUT2D eigenvalue weighted by Gasteiger charge is 2.27. The van der Waals surface area contributed by atoms with E-state index in [1.807, 2.05) is 29.5 Å². The molecule has 2 aromatic carbocycles. The van der Waals surface area contributed by atoms with E-state index in [4.69, 9.17) is 0 Å². The van der Waals surface area contributed by atoms with Crippen molar-refractivity contribution in [1.82, 2.24) is 14.7 Å². The molecule has 0 radical (unpaired) electrons. The Kier molecular flexibility index (Phi) is 5.59. The van der Waals surface area contributed by atoms with E-state index in [9.17, 15) is 0 Å². The lowest BCUT2D eigenvalue weighted by molar-refractivity contribution is 0.137. The van der Waals surface area contributed by atoms with Crippen molar-refractivity contribution < 1.29 is 0 Å². The van der Waals surface area contributed by atoms with Crippen LogP contribution in [0.5, 0.6) is 0 Å². The molecule has 152 valence electrons. The molecule has 0 bridgehead atoms. The van der Waals surface area contributed by atoms with Crippen molar-refractivity contribution in [3.8, 4) is 11.8 Å². The summed E-state index contributed by atoms with van der Waals surface area (Å²) in [6.07, 6.45) is 1.13. The number of hydrogen-bond donors (Lipinski definition) is 0. The highest BCUT2D eigenvalue weighted by Crippen LogP contribution is 2.27. The molecule has 0 fully saturated rings. The monoisotopic (exact) mass is 413 g/mol. The normalized spacial score (nSPS) is 17.7. The van der Waals surface area contributed by atoms with E-state index in [2.05, 4.69) is 75.4 Å². The van der Waals surface area contributed by atoms with Gasteiger partial charge in [0.25, 0.3) is 0 Å². The highest BCUT2D eigenvalue weighted by atomic mass is 32.1. The Labute approximate surface area is 183 Å². The minimum absolute atomic E-state index is 0.838. The Morgan fingerprint density at radius 2 is 1.87 bits per heavy atom. The van der Waals surface area contributed by atoms with Gasteiger partial charge in [-0.1, -0.05) is 36.1 Å². The van der Waals surface area contributed by atoms with Crippen molar-refractivity contribution >= 4 is 21.4 Å². The molecule has 0 spiro atoms. The molecule has 0 saturated heterocycles. The van der Waals surface area contributed by atoms with Crippen LogP contribution in [0.15, 0.2) is 71.2 Å².